The van der Waals surface area contributed by atoms with E-state index in [1.54, 1.807) is 9.47 Å². The van der Waals surface area contributed by atoms with E-state index in [0.717, 1.165) is 0 Å². The third-order valence-electron chi connectivity index (χ3n) is 6.16. The number of halogens is 31. The molecule has 40 heteroatoms. The van der Waals surface area contributed by atoms with Crippen LogP contribution in [0, 0.1) is 0 Å². The van der Waals surface area contributed by atoms with E-state index in [0.29, 0.717) is 10.6 Å². The van der Waals surface area contributed by atoms with Gasteiger partial charge in [-0.1, -0.05) is 0 Å². The van der Waals surface area contributed by atoms with Crippen molar-refractivity contribution in [3.63, 3.8) is 0 Å². The maximum Gasteiger partial charge on any atom is 0.462 e. The van der Waals surface area contributed by atoms with Crippen LogP contribution >= 0.6 is 0 Å². The Morgan fingerprint density at radius 2 is 0.645 bits per heavy atom. The number of carbonyl (C=O) groups excluding carboxylic acids is 2. The van der Waals surface area contributed by atoms with E-state index in [1.165, 1.54) is 4.74 Å². The van der Waals surface area contributed by atoms with Crippen molar-refractivity contribution in [2.24, 2.45) is 0 Å². The minimum atomic E-state index is -8.39. The van der Waals surface area contributed by atoms with Crippen molar-refractivity contribution < 1.29 is 169 Å². The van der Waals surface area contributed by atoms with Gasteiger partial charge in [-0.25, -0.2) is 0 Å². The minimum Gasteiger partial charge on any atom is -0.378 e. The molecule has 0 heterocycles. The molecule has 0 saturated carbocycles. The van der Waals surface area contributed by atoms with Gasteiger partial charge in [0.05, 0.1) is 13.2 Å². The molecule has 0 fully saturated rings. The molecule has 370 valence electrons. The van der Waals surface area contributed by atoms with Gasteiger partial charge in [0.15, 0.2) is 0 Å². The highest BCUT2D eigenvalue weighted by Crippen LogP contribution is 2.57. The van der Waals surface area contributed by atoms with Crippen LogP contribution in [0.1, 0.15) is 6.92 Å². The van der Waals surface area contributed by atoms with Gasteiger partial charge in [0, 0.05) is 20.0 Å². The Morgan fingerprint density at radius 1 is 0.371 bits per heavy atom. The molecular weight excluding hydrogens is 993 g/mol. The predicted octanol–water partition coefficient (Wildman–Crippen LogP) is 8.44. The van der Waals surface area contributed by atoms with Crippen LogP contribution in [0.3, 0.4) is 0 Å². The standard InChI is InChI=1S/C22H13F31N2O7/c1-8(23,24)19(46,47)61-12(29,17(40,41)42)21(50,51)59-9(25,14(31,32)33)6(56)54-2-4-58-5-3-55-7(57)10(26,15(34,35)36)60-22(52,53)13(30,18(43,44)45)62-20(48,49)11(27,28)16(37,38)39/h2-5H2,1H3,(H,54,56)(H,55,57). The van der Waals surface area contributed by atoms with E-state index in [9.17, 15) is 146 Å². The SMILES string of the molecule is CC(F)(F)C(F)(F)OC(F)(C(F)(F)F)C(F)(F)OC(F)(C(=O)NCCOCCNC(=O)C(F)(OC(F)(F)C(F)(OC(F)(F)C(F)(F)C(F)(F)F)C(F)(F)F)C(F)(F)F)C(F)(F)F. The molecule has 0 radical (unpaired) electrons. The molecule has 0 spiro atoms. The summed E-state index contributed by atoms with van der Waals surface area (Å²) in [6, 6.07) is 0. The lowest BCUT2D eigenvalue weighted by molar-refractivity contribution is -0.548. The van der Waals surface area contributed by atoms with Crippen molar-refractivity contribution in [3.8, 4) is 0 Å². The fourth-order valence-corrected chi connectivity index (χ4v) is 2.99. The fraction of sp³-hybridized carbons (Fsp3) is 0.909. The number of nitrogens with one attached hydrogen (secondary N) is 2. The zero-order valence-corrected chi connectivity index (χ0v) is 27.9. The first-order valence-electron chi connectivity index (χ1n) is 13.9. The quantitative estimate of drug-likeness (QED) is 0.0933. The molecule has 4 unspecified atom stereocenters. The number of amides is 2. The molecule has 0 aromatic carbocycles. The van der Waals surface area contributed by atoms with Crippen LogP contribution in [0.5, 0.6) is 0 Å². The van der Waals surface area contributed by atoms with Gasteiger partial charge in [-0.2, -0.15) is 136 Å². The molecule has 0 aliphatic carbocycles. The molecule has 0 aromatic heterocycles. The van der Waals surface area contributed by atoms with Crippen molar-refractivity contribution >= 4 is 11.8 Å². The zero-order valence-electron chi connectivity index (χ0n) is 27.9. The number of ether oxygens (including phenoxy) is 5. The summed E-state index contributed by atoms with van der Waals surface area (Å²) in [5.74, 6) is -52.7. The monoisotopic (exact) mass is 1010 g/mol. The summed E-state index contributed by atoms with van der Waals surface area (Å²) in [4.78, 5) is 23.3. The lowest BCUT2D eigenvalue weighted by Crippen LogP contribution is -2.68. The molecule has 2 amide bonds. The van der Waals surface area contributed by atoms with Crippen LogP contribution in [-0.4, -0.2) is 129 Å². The number of hydrogen-bond donors (Lipinski definition) is 2. The molecule has 0 rings (SSSR count). The molecular formula is C22H13F31N2O7. The second-order valence-electron chi connectivity index (χ2n) is 10.9. The highest BCUT2D eigenvalue weighted by atomic mass is 19.4. The summed E-state index contributed by atoms with van der Waals surface area (Å²) in [6.45, 7) is -8.53. The van der Waals surface area contributed by atoms with Gasteiger partial charge >= 0.3 is 90.6 Å². The average Bonchev–Trinajstić information content (AvgIpc) is 2.99. The Hall–Kier alpha value is -3.43. The fourth-order valence-electron chi connectivity index (χ4n) is 2.99. The Kier molecular flexibility index (Phi) is 16.2. The third kappa shape index (κ3) is 11.4. The summed E-state index contributed by atoms with van der Waals surface area (Å²) in [5, 5.41) is 0.752. The highest BCUT2D eigenvalue weighted by Gasteiger charge is 2.86. The Balaban J connectivity index is 6.13. The topological polar surface area (TPSA) is 104 Å². The maximum atomic E-state index is 14.5. The van der Waals surface area contributed by atoms with E-state index in [-0.39, 0.29) is 0 Å². The van der Waals surface area contributed by atoms with Crippen molar-refractivity contribution in [1.29, 1.82) is 0 Å². The zero-order chi connectivity index (χ0) is 50.4. The van der Waals surface area contributed by atoms with Crippen LogP contribution in [0.25, 0.3) is 0 Å². The Bertz CT molecular complexity index is 1550. The molecule has 0 aliphatic heterocycles. The lowest BCUT2D eigenvalue weighted by atomic mass is 10.2. The Morgan fingerprint density at radius 3 is 0.871 bits per heavy atom. The second kappa shape index (κ2) is 17.2. The first kappa shape index (κ1) is 58.6. The molecule has 0 bridgehead atoms. The summed E-state index contributed by atoms with van der Waals surface area (Å²) in [5.41, 5.74) is 0. The van der Waals surface area contributed by atoms with Crippen molar-refractivity contribution in [2.45, 2.75) is 97.5 Å². The van der Waals surface area contributed by atoms with Crippen LogP contribution in [0.2, 0.25) is 0 Å². The smallest absolute Gasteiger partial charge is 0.378 e. The van der Waals surface area contributed by atoms with Crippen LogP contribution in [-0.2, 0) is 33.3 Å². The van der Waals surface area contributed by atoms with Gasteiger partial charge in [0.2, 0.25) is 0 Å². The second-order valence-corrected chi connectivity index (χ2v) is 10.9. The summed E-state index contributed by atoms with van der Waals surface area (Å²) in [7, 11) is 0. The van der Waals surface area contributed by atoms with Gasteiger partial charge in [-0.05, 0) is 0 Å². The molecule has 9 nitrogen and oxygen atoms in total. The van der Waals surface area contributed by atoms with Gasteiger partial charge in [-0.3, -0.25) is 28.5 Å². The van der Waals surface area contributed by atoms with E-state index in [1.807, 2.05) is 4.74 Å². The molecule has 0 saturated heterocycles. The normalized spacial score (nSPS) is 18.9. The van der Waals surface area contributed by atoms with Crippen molar-refractivity contribution in [1.82, 2.24) is 10.6 Å². The number of rotatable bonds is 20. The molecule has 4 atom stereocenters. The highest BCUT2D eigenvalue weighted by molar-refractivity contribution is 5.85. The minimum absolute atomic E-state index is 0.338. The number of hydrogen-bond acceptors (Lipinski definition) is 7. The van der Waals surface area contributed by atoms with Gasteiger partial charge < -0.3 is 15.4 Å². The first-order valence-corrected chi connectivity index (χ1v) is 13.9. The third-order valence-corrected chi connectivity index (χ3v) is 6.16. The van der Waals surface area contributed by atoms with Crippen molar-refractivity contribution in [3.05, 3.63) is 0 Å². The number of alkyl halides is 31. The van der Waals surface area contributed by atoms with Crippen LogP contribution in [0.4, 0.5) is 136 Å². The average molecular weight is 1010 g/mol. The maximum absolute atomic E-state index is 14.5. The molecule has 62 heavy (non-hydrogen) atoms. The number of carbonyl (C=O) groups is 2. The Labute approximate surface area is 317 Å². The molecule has 2 N–H and O–H groups in total. The van der Waals surface area contributed by atoms with Gasteiger partial charge in [-0.15, -0.1) is 0 Å². The van der Waals surface area contributed by atoms with Gasteiger partial charge in [0.1, 0.15) is 0 Å². The molecule has 0 aromatic rings. The molecule has 0 aliphatic rings. The van der Waals surface area contributed by atoms with Gasteiger partial charge in [0.25, 0.3) is 11.8 Å². The van der Waals surface area contributed by atoms with Crippen LogP contribution in [0.15, 0.2) is 0 Å². The van der Waals surface area contributed by atoms with Crippen molar-refractivity contribution in [2.75, 3.05) is 26.3 Å². The van der Waals surface area contributed by atoms with E-state index in [2.05, 4.69) is 4.74 Å². The summed E-state index contributed by atoms with van der Waals surface area (Å²) < 4.78 is 422. The first-order chi connectivity index (χ1) is 26.6. The van der Waals surface area contributed by atoms with E-state index < -0.39 is 136 Å². The van der Waals surface area contributed by atoms with Crippen LogP contribution < -0.4 is 10.6 Å². The van der Waals surface area contributed by atoms with E-state index in [4.69, 9.17) is 0 Å². The summed E-state index contributed by atoms with van der Waals surface area (Å²) >= 11 is 0. The predicted molar refractivity (Wildman–Crippen MR) is 122 cm³/mol. The summed E-state index contributed by atoms with van der Waals surface area (Å²) in [6.07, 6.45) is -70.5. The van der Waals surface area contributed by atoms with E-state index >= 15 is 0 Å². The largest absolute Gasteiger partial charge is 0.462 e. The lowest BCUT2D eigenvalue weighted by Gasteiger charge is -2.40.